The zero-order valence-electron chi connectivity index (χ0n) is 11.9. The van der Waals surface area contributed by atoms with E-state index in [2.05, 4.69) is 31.9 Å². The molecule has 2 heterocycles. The van der Waals surface area contributed by atoms with Crippen LogP contribution in [0.4, 0.5) is 11.6 Å². The Labute approximate surface area is 129 Å². The van der Waals surface area contributed by atoms with Gasteiger partial charge in [0.2, 0.25) is 11.8 Å². The second kappa shape index (κ2) is 6.18. The number of benzene rings is 1. The molecule has 0 amide bonds. The summed E-state index contributed by atoms with van der Waals surface area (Å²) in [6, 6.07) is 9.72. The molecule has 21 heavy (non-hydrogen) atoms. The van der Waals surface area contributed by atoms with Crippen molar-refractivity contribution in [1.82, 2.24) is 9.97 Å². The van der Waals surface area contributed by atoms with Crippen LogP contribution < -0.4 is 14.5 Å². The van der Waals surface area contributed by atoms with Gasteiger partial charge in [0, 0.05) is 49.2 Å². The number of rotatable bonds is 3. The molecule has 0 saturated carbocycles. The van der Waals surface area contributed by atoms with Crippen molar-refractivity contribution in [3.05, 3.63) is 41.6 Å². The molecule has 1 aliphatic rings. The van der Waals surface area contributed by atoms with E-state index in [0.717, 1.165) is 37.1 Å². The van der Waals surface area contributed by atoms with E-state index < -0.39 is 0 Å². The van der Waals surface area contributed by atoms with Crippen LogP contribution in [-0.2, 0) is 0 Å². The van der Waals surface area contributed by atoms with E-state index in [4.69, 9.17) is 16.3 Å². The van der Waals surface area contributed by atoms with E-state index in [0.29, 0.717) is 5.88 Å². The van der Waals surface area contributed by atoms with Crippen LogP contribution in [0, 0.1) is 0 Å². The van der Waals surface area contributed by atoms with Crippen LogP contribution in [0.1, 0.15) is 0 Å². The standard InChI is InChI=1S/C15H17ClN4O/c1-21-14-6-7-17-15(18-14)20-10-8-19(9-11-20)13-4-2-12(16)3-5-13/h2-7H,8-11H2,1H3. The summed E-state index contributed by atoms with van der Waals surface area (Å²) in [4.78, 5) is 13.2. The lowest BCUT2D eigenvalue weighted by Crippen LogP contribution is -2.47. The lowest BCUT2D eigenvalue weighted by Gasteiger charge is -2.36. The molecule has 0 bridgehead atoms. The van der Waals surface area contributed by atoms with Gasteiger partial charge < -0.3 is 14.5 Å². The van der Waals surface area contributed by atoms with Crippen molar-refractivity contribution < 1.29 is 4.74 Å². The van der Waals surface area contributed by atoms with Gasteiger partial charge in [-0.05, 0) is 24.3 Å². The summed E-state index contributed by atoms with van der Waals surface area (Å²) in [6.45, 7) is 3.63. The highest BCUT2D eigenvalue weighted by molar-refractivity contribution is 6.30. The highest BCUT2D eigenvalue weighted by Crippen LogP contribution is 2.21. The molecule has 1 aromatic heterocycles. The highest BCUT2D eigenvalue weighted by atomic mass is 35.5. The fourth-order valence-electron chi connectivity index (χ4n) is 2.41. The maximum absolute atomic E-state index is 5.93. The Morgan fingerprint density at radius 1 is 1.00 bits per heavy atom. The summed E-state index contributed by atoms with van der Waals surface area (Å²) in [5.74, 6) is 1.32. The van der Waals surface area contributed by atoms with Crippen molar-refractivity contribution in [2.75, 3.05) is 43.1 Å². The number of nitrogens with zero attached hydrogens (tertiary/aromatic N) is 4. The number of ether oxygens (including phenoxy) is 1. The van der Waals surface area contributed by atoms with Gasteiger partial charge in [0.25, 0.3) is 0 Å². The Hall–Kier alpha value is -2.01. The number of piperazine rings is 1. The van der Waals surface area contributed by atoms with E-state index >= 15 is 0 Å². The molecular formula is C15H17ClN4O. The minimum atomic E-state index is 0.597. The molecule has 0 aliphatic carbocycles. The molecule has 3 rings (SSSR count). The number of hydrogen-bond acceptors (Lipinski definition) is 5. The molecule has 110 valence electrons. The van der Waals surface area contributed by atoms with Crippen LogP contribution in [0.25, 0.3) is 0 Å². The zero-order chi connectivity index (χ0) is 14.7. The Bertz CT molecular complexity index is 597. The molecule has 0 N–H and O–H groups in total. The zero-order valence-corrected chi connectivity index (χ0v) is 12.6. The first-order chi connectivity index (χ1) is 10.3. The molecule has 2 aromatic rings. The third-order valence-corrected chi connectivity index (χ3v) is 3.83. The third-order valence-electron chi connectivity index (χ3n) is 3.58. The highest BCUT2D eigenvalue weighted by Gasteiger charge is 2.19. The molecule has 0 radical (unpaired) electrons. The number of halogens is 1. The second-order valence-corrected chi connectivity index (χ2v) is 5.29. The predicted molar refractivity (Wildman–Crippen MR) is 84.5 cm³/mol. The normalized spacial score (nSPS) is 15.1. The molecule has 1 aliphatic heterocycles. The maximum Gasteiger partial charge on any atom is 0.228 e. The van der Waals surface area contributed by atoms with E-state index in [1.807, 2.05) is 12.1 Å². The van der Waals surface area contributed by atoms with Crippen molar-refractivity contribution in [1.29, 1.82) is 0 Å². The minimum Gasteiger partial charge on any atom is -0.481 e. The maximum atomic E-state index is 5.93. The van der Waals surface area contributed by atoms with E-state index in [1.165, 1.54) is 5.69 Å². The van der Waals surface area contributed by atoms with Gasteiger partial charge in [0.05, 0.1) is 7.11 Å². The van der Waals surface area contributed by atoms with Crippen LogP contribution in [0.5, 0.6) is 5.88 Å². The van der Waals surface area contributed by atoms with Crippen LogP contribution in [-0.4, -0.2) is 43.3 Å². The van der Waals surface area contributed by atoms with Gasteiger partial charge >= 0.3 is 0 Å². The molecular weight excluding hydrogens is 288 g/mol. The number of anilines is 2. The predicted octanol–water partition coefficient (Wildman–Crippen LogP) is 2.47. The van der Waals surface area contributed by atoms with Gasteiger partial charge in [-0.1, -0.05) is 11.6 Å². The largest absolute Gasteiger partial charge is 0.481 e. The van der Waals surface area contributed by atoms with Gasteiger partial charge in [0.1, 0.15) is 0 Å². The quantitative estimate of drug-likeness (QED) is 0.871. The van der Waals surface area contributed by atoms with Gasteiger partial charge in [0.15, 0.2) is 0 Å². The molecule has 1 aromatic carbocycles. The smallest absolute Gasteiger partial charge is 0.228 e. The first-order valence-corrected chi connectivity index (χ1v) is 7.26. The summed E-state index contributed by atoms with van der Waals surface area (Å²) < 4.78 is 5.15. The van der Waals surface area contributed by atoms with Crippen molar-refractivity contribution in [2.24, 2.45) is 0 Å². The molecule has 0 spiro atoms. The lowest BCUT2D eigenvalue weighted by atomic mass is 10.2. The average molecular weight is 305 g/mol. The Morgan fingerprint density at radius 3 is 2.33 bits per heavy atom. The van der Waals surface area contributed by atoms with Gasteiger partial charge in [-0.2, -0.15) is 4.98 Å². The summed E-state index contributed by atoms with van der Waals surface area (Å²) in [6.07, 6.45) is 1.73. The Balaban J connectivity index is 1.65. The SMILES string of the molecule is COc1ccnc(N2CCN(c3ccc(Cl)cc3)CC2)n1. The van der Waals surface area contributed by atoms with Crippen LogP contribution in [0.15, 0.2) is 36.5 Å². The number of aromatic nitrogens is 2. The minimum absolute atomic E-state index is 0.597. The molecule has 0 unspecified atom stereocenters. The Kier molecular flexibility index (Phi) is 4.10. The third kappa shape index (κ3) is 3.19. The first kappa shape index (κ1) is 13.9. The van der Waals surface area contributed by atoms with Crippen molar-refractivity contribution >= 4 is 23.2 Å². The second-order valence-electron chi connectivity index (χ2n) is 4.85. The van der Waals surface area contributed by atoms with Crippen molar-refractivity contribution in [2.45, 2.75) is 0 Å². The van der Waals surface area contributed by atoms with Crippen LogP contribution >= 0.6 is 11.6 Å². The summed E-state index contributed by atoms with van der Waals surface area (Å²) >= 11 is 5.93. The Morgan fingerprint density at radius 2 is 1.67 bits per heavy atom. The first-order valence-electron chi connectivity index (χ1n) is 6.89. The summed E-state index contributed by atoms with van der Waals surface area (Å²) in [7, 11) is 1.62. The van der Waals surface area contributed by atoms with Crippen LogP contribution in [0.2, 0.25) is 5.02 Å². The molecule has 5 nitrogen and oxygen atoms in total. The topological polar surface area (TPSA) is 41.5 Å². The fourth-order valence-corrected chi connectivity index (χ4v) is 2.54. The molecule has 0 atom stereocenters. The van der Waals surface area contributed by atoms with Gasteiger partial charge in [-0.15, -0.1) is 0 Å². The molecule has 1 fully saturated rings. The number of hydrogen-bond donors (Lipinski definition) is 0. The van der Waals surface area contributed by atoms with E-state index in [1.54, 1.807) is 19.4 Å². The molecule has 6 heteroatoms. The lowest BCUT2D eigenvalue weighted by molar-refractivity contribution is 0.396. The monoisotopic (exact) mass is 304 g/mol. The van der Waals surface area contributed by atoms with Crippen LogP contribution in [0.3, 0.4) is 0 Å². The summed E-state index contributed by atoms with van der Waals surface area (Å²) in [5.41, 5.74) is 1.20. The molecule has 1 saturated heterocycles. The average Bonchev–Trinajstić information content (AvgIpc) is 2.56. The van der Waals surface area contributed by atoms with Crippen molar-refractivity contribution in [3.63, 3.8) is 0 Å². The van der Waals surface area contributed by atoms with E-state index in [-0.39, 0.29) is 0 Å². The van der Waals surface area contributed by atoms with Gasteiger partial charge in [-0.25, -0.2) is 4.98 Å². The van der Waals surface area contributed by atoms with Gasteiger partial charge in [-0.3, -0.25) is 0 Å². The van der Waals surface area contributed by atoms with E-state index in [9.17, 15) is 0 Å². The number of methoxy groups -OCH3 is 1. The fraction of sp³-hybridized carbons (Fsp3) is 0.333. The van der Waals surface area contributed by atoms with Crippen molar-refractivity contribution in [3.8, 4) is 5.88 Å². The summed E-state index contributed by atoms with van der Waals surface area (Å²) in [5, 5.41) is 0.766.